The van der Waals surface area contributed by atoms with Crippen LogP contribution in [0.25, 0.3) is 0 Å². The number of imidazole rings is 1. The second kappa shape index (κ2) is 5.40. The quantitative estimate of drug-likeness (QED) is 0.850. The highest BCUT2D eigenvalue weighted by Crippen LogP contribution is 2.33. The van der Waals surface area contributed by atoms with Gasteiger partial charge in [0.2, 0.25) is 10.0 Å². The summed E-state index contributed by atoms with van der Waals surface area (Å²) in [5.41, 5.74) is 1.17. The third-order valence-corrected chi connectivity index (χ3v) is 4.95. The number of hydrogen-bond donors (Lipinski definition) is 1. The number of sulfonamides is 1. The minimum Gasteiger partial charge on any atom is -0.329 e. The van der Waals surface area contributed by atoms with E-state index in [1.54, 1.807) is 6.92 Å². The first-order valence-corrected chi connectivity index (χ1v) is 8.19. The molecule has 0 saturated heterocycles. The lowest BCUT2D eigenvalue weighted by Crippen LogP contribution is -2.29. The maximum atomic E-state index is 11.3. The fourth-order valence-corrected chi connectivity index (χ4v) is 2.86. The van der Waals surface area contributed by atoms with Gasteiger partial charge in [-0.15, -0.1) is 0 Å². The third kappa shape index (κ3) is 2.92. The van der Waals surface area contributed by atoms with Crippen molar-refractivity contribution in [1.29, 1.82) is 0 Å². The SMILES string of the molecule is CCS(=O)(=O)NCCc1ncc(C)n1C1CCC1. The van der Waals surface area contributed by atoms with Crippen LogP contribution < -0.4 is 4.72 Å². The summed E-state index contributed by atoms with van der Waals surface area (Å²) in [6, 6.07) is 0.574. The Hall–Kier alpha value is -0.880. The molecule has 1 saturated carbocycles. The Kier molecular flexibility index (Phi) is 4.07. The predicted octanol–water partition coefficient (Wildman–Crippen LogP) is 1.40. The highest BCUT2D eigenvalue weighted by Gasteiger charge is 2.23. The smallest absolute Gasteiger partial charge is 0.211 e. The molecule has 1 heterocycles. The Morgan fingerprint density at radius 2 is 2.22 bits per heavy atom. The standard InChI is InChI=1S/C12H21N3O2S/c1-3-18(16,17)14-8-7-12-13-9-10(2)15(12)11-5-4-6-11/h9,11,14H,3-8H2,1-2H3. The third-order valence-electron chi connectivity index (χ3n) is 3.55. The molecule has 2 rings (SSSR count). The Morgan fingerprint density at radius 1 is 1.50 bits per heavy atom. The molecule has 102 valence electrons. The molecule has 0 aromatic carbocycles. The average Bonchev–Trinajstić information content (AvgIpc) is 2.60. The van der Waals surface area contributed by atoms with Crippen molar-refractivity contribution < 1.29 is 8.42 Å². The molecule has 1 aliphatic carbocycles. The van der Waals surface area contributed by atoms with Crippen LogP contribution in [0.15, 0.2) is 6.20 Å². The zero-order chi connectivity index (χ0) is 13.2. The van der Waals surface area contributed by atoms with Crippen LogP contribution in [-0.2, 0) is 16.4 Å². The molecule has 1 N–H and O–H groups in total. The average molecular weight is 271 g/mol. The molecule has 0 amide bonds. The molecule has 1 aromatic rings. The second-order valence-electron chi connectivity index (χ2n) is 4.82. The van der Waals surface area contributed by atoms with Crippen LogP contribution in [0.1, 0.15) is 43.7 Å². The van der Waals surface area contributed by atoms with Crippen molar-refractivity contribution >= 4 is 10.0 Å². The minimum atomic E-state index is -3.09. The lowest BCUT2D eigenvalue weighted by molar-refractivity contribution is 0.302. The zero-order valence-electron chi connectivity index (χ0n) is 11.0. The van der Waals surface area contributed by atoms with Crippen LogP contribution in [0.2, 0.25) is 0 Å². The molecule has 18 heavy (non-hydrogen) atoms. The summed E-state index contributed by atoms with van der Waals surface area (Å²) >= 11 is 0. The molecule has 1 aliphatic rings. The molecular weight excluding hydrogens is 250 g/mol. The summed E-state index contributed by atoms with van der Waals surface area (Å²) in [6.45, 7) is 4.13. The Morgan fingerprint density at radius 3 is 2.78 bits per heavy atom. The fraction of sp³-hybridized carbons (Fsp3) is 0.750. The zero-order valence-corrected chi connectivity index (χ0v) is 11.8. The first-order valence-electron chi connectivity index (χ1n) is 6.53. The van der Waals surface area contributed by atoms with Gasteiger partial charge in [0.1, 0.15) is 5.82 Å². The minimum absolute atomic E-state index is 0.128. The highest BCUT2D eigenvalue weighted by atomic mass is 32.2. The molecular formula is C12H21N3O2S. The van der Waals surface area contributed by atoms with Crippen LogP contribution in [0.5, 0.6) is 0 Å². The van der Waals surface area contributed by atoms with Gasteiger partial charge < -0.3 is 4.57 Å². The van der Waals surface area contributed by atoms with Crippen molar-refractivity contribution in [2.75, 3.05) is 12.3 Å². The van der Waals surface area contributed by atoms with E-state index in [-0.39, 0.29) is 5.75 Å². The van der Waals surface area contributed by atoms with Crippen molar-refractivity contribution in [3.05, 3.63) is 17.7 Å². The maximum absolute atomic E-state index is 11.3. The van der Waals surface area contributed by atoms with Gasteiger partial charge in [0, 0.05) is 30.9 Å². The molecule has 1 aromatic heterocycles. The van der Waals surface area contributed by atoms with Crippen LogP contribution in [-0.4, -0.2) is 30.3 Å². The molecule has 6 heteroatoms. The molecule has 1 fully saturated rings. The molecule has 0 spiro atoms. The van der Waals surface area contributed by atoms with Gasteiger partial charge in [-0.3, -0.25) is 0 Å². The lowest BCUT2D eigenvalue weighted by atomic mass is 9.92. The van der Waals surface area contributed by atoms with E-state index in [4.69, 9.17) is 0 Å². The number of nitrogens with one attached hydrogen (secondary N) is 1. The monoisotopic (exact) mass is 271 g/mol. The van der Waals surface area contributed by atoms with Crippen molar-refractivity contribution in [3.63, 3.8) is 0 Å². The van der Waals surface area contributed by atoms with Crippen LogP contribution in [0, 0.1) is 6.92 Å². The van der Waals surface area contributed by atoms with E-state index in [0.29, 0.717) is 19.0 Å². The maximum Gasteiger partial charge on any atom is 0.211 e. The normalized spacial score (nSPS) is 16.8. The van der Waals surface area contributed by atoms with E-state index < -0.39 is 10.0 Å². The van der Waals surface area contributed by atoms with Gasteiger partial charge in [0.25, 0.3) is 0 Å². The summed E-state index contributed by atoms with van der Waals surface area (Å²) in [5.74, 6) is 1.12. The van der Waals surface area contributed by atoms with Crippen LogP contribution in [0.3, 0.4) is 0 Å². The van der Waals surface area contributed by atoms with Gasteiger partial charge in [-0.05, 0) is 33.1 Å². The van der Waals surface area contributed by atoms with Gasteiger partial charge in [0.15, 0.2) is 0 Å². The first kappa shape index (κ1) is 13.5. The van der Waals surface area contributed by atoms with Gasteiger partial charge in [-0.25, -0.2) is 18.1 Å². The van der Waals surface area contributed by atoms with E-state index in [2.05, 4.69) is 21.2 Å². The van der Waals surface area contributed by atoms with Crippen molar-refractivity contribution in [3.8, 4) is 0 Å². The number of rotatable bonds is 6. The van der Waals surface area contributed by atoms with Gasteiger partial charge in [-0.2, -0.15) is 0 Å². The van der Waals surface area contributed by atoms with Gasteiger partial charge >= 0.3 is 0 Å². The van der Waals surface area contributed by atoms with E-state index in [1.807, 2.05) is 6.20 Å². The molecule has 0 atom stereocenters. The topological polar surface area (TPSA) is 64.0 Å². The van der Waals surface area contributed by atoms with Crippen molar-refractivity contribution in [2.24, 2.45) is 0 Å². The Balaban J connectivity index is 1.97. The fourth-order valence-electron chi connectivity index (χ4n) is 2.24. The van der Waals surface area contributed by atoms with Crippen molar-refractivity contribution in [1.82, 2.24) is 14.3 Å². The number of hydrogen-bond acceptors (Lipinski definition) is 3. The van der Waals surface area contributed by atoms with E-state index in [9.17, 15) is 8.42 Å². The summed E-state index contributed by atoms with van der Waals surface area (Å²) in [5, 5.41) is 0. The Bertz CT molecular complexity index is 503. The van der Waals surface area contributed by atoms with Gasteiger partial charge in [0.05, 0.1) is 5.75 Å². The van der Waals surface area contributed by atoms with Crippen molar-refractivity contribution in [2.45, 2.75) is 45.6 Å². The number of nitrogens with zero attached hydrogens (tertiary/aromatic N) is 2. The lowest BCUT2D eigenvalue weighted by Gasteiger charge is -2.29. The van der Waals surface area contributed by atoms with Crippen LogP contribution in [0.4, 0.5) is 0 Å². The number of aryl methyl sites for hydroxylation is 1. The number of aromatic nitrogens is 2. The summed E-state index contributed by atoms with van der Waals surface area (Å²) in [7, 11) is -3.09. The molecule has 0 bridgehead atoms. The first-order chi connectivity index (χ1) is 8.53. The van der Waals surface area contributed by atoms with E-state index in [1.165, 1.54) is 25.0 Å². The largest absolute Gasteiger partial charge is 0.329 e. The summed E-state index contributed by atoms with van der Waals surface area (Å²) in [6.07, 6.45) is 6.24. The highest BCUT2D eigenvalue weighted by molar-refractivity contribution is 7.89. The Labute approximate surface area is 109 Å². The second-order valence-corrected chi connectivity index (χ2v) is 6.91. The van der Waals surface area contributed by atoms with Gasteiger partial charge in [-0.1, -0.05) is 0 Å². The predicted molar refractivity (Wildman–Crippen MR) is 71.0 cm³/mol. The van der Waals surface area contributed by atoms with E-state index in [0.717, 1.165) is 5.82 Å². The molecule has 0 radical (unpaired) electrons. The molecule has 0 aliphatic heterocycles. The van der Waals surface area contributed by atoms with E-state index >= 15 is 0 Å². The summed E-state index contributed by atoms with van der Waals surface area (Å²) < 4.78 is 27.5. The van der Waals surface area contributed by atoms with Crippen LogP contribution >= 0.6 is 0 Å². The summed E-state index contributed by atoms with van der Waals surface area (Å²) in [4.78, 5) is 4.39. The molecule has 0 unspecified atom stereocenters. The molecule has 5 nitrogen and oxygen atoms in total.